The fraction of sp³-hybridized carbons (Fsp3) is 0.455. The van der Waals surface area contributed by atoms with Gasteiger partial charge in [0.15, 0.2) is 10.9 Å². The van der Waals surface area contributed by atoms with Gasteiger partial charge in [-0.15, -0.1) is 11.3 Å². The van der Waals surface area contributed by atoms with Gasteiger partial charge in [-0.25, -0.2) is 4.98 Å². The number of hydrogen-bond acceptors (Lipinski definition) is 4. The van der Waals surface area contributed by atoms with E-state index < -0.39 is 0 Å². The van der Waals surface area contributed by atoms with Crippen LogP contribution in [0.25, 0.3) is 11.0 Å². The number of nitrogens with one attached hydrogen (secondary N) is 1. The fourth-order valence-electron chi connectivity index (χ4n) is 3.87. The lowest BCUT2D eigenvalue weighted by atomic mass is 9.73. The zero-order valence-electron chi connectivity index (χ0n) is 16.6. The summed E-state index contributed by atoms with van der Waals surface area (Å²) in [6.45, 7) is 10.9. The molecule has 0 radical (unpaired) electrons. The van der Waals surface area contributed by atoms with Gasteiger partial charge in [0.05, 0.1) is 5.69 Å². The molecule has 2 aromatic heterocycles. The van der Waals surface area contributed by atoms with Crippen LogP contribution in [-0.4, -0.2) is 10.9 Å². The molecular weight excluding hydrogens is 356 g/mol. The molecule has 0 saturated carbocycles. The summed E-state index contributed by atoms with van der Waals surface area (Å²) in [5.41, 5.74) is 4.19. The van der Waals surface area contributed by atoms with E-state index in [1.807, 2.05) is 32.0 Å². The van der Waals surface area contributed by atoms with Crippen LogP contribution in [0.15, 0.2) is 22.6 Å². The second-order valence-corrected chi connectivity index (χ2v) is 9.79. The van der Waals surface area contributed by atoms with Crippen LogP contribution < -0.4 is 5.32 Å². The summed E-state index contributed by atoms with van der Waals surface area (Å²) < 4.78 is 5.84. The minimum Gasteiger partial charge on any atom is -0.451 e. The number of aryl methyl sites for hydroxylation is 3. The van der Waals surface area contributed by atoms with Crippen molar-refractivity contribution in [3.63, 3.8) is 0 Å². The Morgan fingerprint density at radius 3 is 2.81 bits per heavy atom. The second kappa shape index (κ2) is 6.48. The van der Waals surface area contributed by atoms with Crippen molar-refractivity contribution in [1.82, 2.24) is 4.98 Å². The van der Waals surface area contributed by atoms with Crippen molar-refractivity contribution >= 4 is 33.3 Å². The number of thiazole rings is 1. The quantitative estimate of drug-likeness (QED) is 0.599. The molecule has 0 bridgehead atoms. The highest BCUT2D eigenvalue weighted by atomic mass is 32.1. The number of aromatic nitrogens is 1. The molecule has 4 rings (SSSR count). The Morgan fingerprint density at radius 2 is 2.07 bits per heavy atom. The number of rotatable bonds is 2. The van der Waals surface area contributed by atoms with Gasteiger partial charge in [-0.05, 0) is 56.1 Å². The average Bonchev–Trinajstić information content (AvgIpc) is 3.13. The van der Waals surface area contributed by atoms with Crippen LogP contribution in [0.2, 0.25) is 0 Å². The lowest BCUT2D eigenvalue weighted by Crippen LogP contribution is -2.26. The third-order valence-electron chi connectivity index (χ3n) is 5.68. The molecule has 1 N–H and O–H groups in total. The van der Waals surface area contributed by atoms with Crippen LogP contribution in [0.3, 0.4) is 0 Å². The highest BCUT2D eigenvalue weighted by Gasteiger charge is 2.31. The highest BCUT2D eigenvalue weighted by Crippen LogP contribution is 2.40. The van der Waals surface area contributed by atoms with E-state index in [4.69, 9.17) is 4.42 Å². The maximum atomic E-state index is 12.8. The monoisotopic (exact) mass is 382 g/mol. The van der Waals surface area contributed by atoms with E-state index in [1.165, 1.54) is 4.88 Å². The molecule has 1 atom stereocenters. The van der Waals surface area contributed by atoms with Crippen molar-refractivity contribution in [3.8, 4) is 0 Å². The molecule has 0 fully saturated rings. The van der Waals surface area contributed by atoms with Gasteiger partial charge in [-0.2, -0.15) is 0 Å². The van der Waals surface area contributed by atoms with Gasteiger partial charge in [0, 0.05) is 15.8 Å². The number of nitrogens with zero attached hydrogens (tertiary/aromatic N) is 1. The van der Waals surface area contributed by atoms with Gasteiger partial charge < -0.3 is 4.42 Å². The normalized spacial score (nSPS) is 17.1. The molecule has 1 unspecified atom stereocenters. The molecule has 1 aromatic carbocycles. The van der Waals surface area contributed by atoms with Gasteiger partial charge in [-0.3, -0.25) is 10.1 Å². The summed E-state index contributed by atoms with van der Waals surface area (Å²) >= 11 is 1.61. The zero-order chi connectivity index (χ0) is 19.3. The van der Waals surface area contributed by atoms with Crippen molar-refractivity contribution in [1.29, 1.82) is 0 Å². The van der Waals surface area contributed by atoms with Crippen LogP contribution in [0, 0.1) is 25.2 Å². The van der Waals surface area contributed by atoms with E-state index in [0.29, 0.717) is 22.2 Å². The standard InChI is InChI=1S/C22H26N2O2S/c1-12-6-8-15-13(2)19(26-17(15)10-12)20(25)24-21-23-16-9-7-14(22(3,4)5)11-18(16)27-21/h6,8,10,14H,7,9,11H2,1-5H3,(H,23,24,25). The molecule has 1 aliphatic carbocycles. The minimum absolute atomic E-state index is 0.222. The maximum Gasteiger partial charge on any atom is 0.293 e. The number of furan rings is 1. The van der Waals surface area contributed by atoms with Crippen molar-refractivity contribution in [2.45, 2.75) is 53.9 Å². The number of carbonyl (C=O) groups excluding carboxylic acids is 1. The average molecular weight is 383 g/mol. The molecule has 27 heavy (non-hydrogen) atoms. The summed E-state index contributed by atoms with van der Waals surface area (Å²) in [6.07, 6.45) is 3.21. The lowest BCUT2D eigenvalue weighted by molar-refractivity contribution is 0.0998. The van der Waals surface area contributed by atoms with Gasteiger partial charge >= 0.3 is 0 Å². The van der Waals surface area contributed by atoms with Crippen LogP contribution in [-0.2, 0) is 12.8 Å². The molecule has 1 amide bonds. The van der Waals surface area contributed by atoms with Gasteiger partial charge in [0.25, 0.3) is 5.91 Å². The number of carbonyl (C=O) groups is 1. The van der Waals surface area contributed by atoms with E-state index in [1.54, 1.807) is 11.3 Å². The fourth-order valence-corrected chi connectivity index (χ4v) is 4.95. The SMILES string of the molecule is Cc1ccc2c(C)c(C(=O)Nc3nc4c(s3)CC(C(C)(C)C)CC4)oc2c1. The van der Waals surface area contributed by atoms with E-state index in [-0.39, 0.29) is 5.91 Å². The Hall–Kier alpha value is -2.14. The minimum atomic E-state index is -0.222. The zero-order valence-corrected chi connectivity index (χ0v) is 17.4. The van der Waals surface area contributed by atoms with Gasteiger partial charge in [0.2, 0.25) is 0 Å². The summed E-state index contributed by atoms with van der Waals surface area (Å²) in [5, 5.41) is 4.62. The molecular formula is C22H26N2O2S. The Balaban J connectivity index is 1.56. The highest BCUT2D eigenvalue weighted by molar-refractivity contribution is 7.15. The Labute approximate surface area is 164 Å². The first kappa shape index (κ1) is 18.2. The molecule has 1 aliphatic rings. The van der Waals surface area contributed by atoms with E-state index >= 15 is 0 Å². The number of amides is 1. The van der Waals surface area contributed by atoms with Crippen molar-refractivity contribution in [2.24, 2.45) is 11.3 Å². The predicted molar refractivity (Wildman–Crippen MR) is 111 cm³/mol. The summed E-state index contributed by atoms with van der Waals surface area (Å²) in [4.78, 5) is 18.8. The molecule has 3 aromatic rings. The van der Waals surface area contributed by atoms with Gasteiger partial charge in [-0.1, -0.05) is 32.9 Å². The number of anilines is 1. The largest absolute Gasteiger partial charge is 0.451 e. The van der Waals surface area contributed by atoms with Crippen LogP contribution in [0.4, 0.5) is 5.13 Å². The third kappa shape index (κ3) is 3.41. The first-order valence-corrected chi connectivity index (χ1v) is 10.3. The third-order valence-corrected chi connectivity index (χ3v) is 6.72. The molecule has 142 valence electrons. The van der Waals surface area contributed by atoms with Gasteiger partial charge in [0.1, 0.15) is 5.58 Å². The molecule has 4 nitrogen and oxygen atoms in total. The van der Waals surface area contributed by atoms with Crippen molar-refractivity contribution < 1.29 is 9.21 Å². The lowest BCUT2D eigenvalue weighted by Gasteiger charge is -2.33. The summed E-state index contributed by atoms with van der Waals surface area (Å²) in [5.74, 6) is 0.811. The number of hydrogen-bond donors (Lipinski definition) is 1. The predicted octanol–water partition coefficient (Wildman–Crippen LogP) is 5.91. The summed E-state index contributed by atoms with van der Waals surface area (Å²) in [7, 11) is 0. The van der Waals surface area contributed by atoms with Crippen molar-refractivity contribution in [2.75, 3.05) is 5.32 Å². The molecule has 0 aliphatic heterocycles. The van der Waals surface area contributed by atoms with Crippen LogP contribution in [0.1, 0.15) is 59.4 Å². The first-order chi connectivity index (χ1) is 12.7. The first-order valence-electron chi connectivity index (χ1n) is 9.52. The smallest absolute Gasteiger partial charge is 0.293 e. The van der Waals surface area contributed by atoms with E-state index in [2.05, 4.69) is 31.1 Å². The van der Waals surface area contributed by atoms with Crippen LogP contribution in [0.5, 0.6) is 0 Å². The van der Waals surface area contributed by atoms with E-state index in [0.717, 1.165) is 47.1 Å². The Kier molecular flexibility index (Phi) is 4.38. The topological polar surface area (TPSA) is 55.1 Å². The Bertz CT molecular complexity index is 1020. The molecule has 5 heteroatoms. The Morgan fingerprint density at radius 1 is 1.30 bits per heavy atom. The second-order valence-electron chi connectivity index (χ2n) is 8.70. The molecule has 2 heterocycles. The van der Waals surface area contributed by atoms with Crippen LogP contribution >= 0.6 is 11.3 Å². The maximum absolute atomic E-state index is 12.8. The summed E-state index contributed by atoms with van der Waals surface area (Å²) in [6, 6.07) is 6.01. The molecule has 0 saturated heterocycles. The van der Waals surface area contributed by atoms with E-state index in [9.17, 15) is 4.79 Å². The number of benzene rings is 1. The number of fused-ring (bicyclic) bond motifs is 2. The molecule has 0 spiro atoms. The van der Waals surface area contributed by atoms with Crippen molar-refractivity contribution in [3.05, 3.63) is 45.7 Å².